The molecule has 0 spiro atoms. The lowest BCUT2D eigenvalue weighted by Gasteiger charge is -2.08. The molecule has 0 radical (unpaired) electrons. The topological polar surface area (TPSA) is 85.1 Å². The van der Waals surface area contributed by atoms with Gasteiger partial charge in [0.05, 0.1) is 16.9 Å². The molecule has 0 bridgehead atoms. The molecule has 9 heteroatoms. The van der Waals surface area contributed by atoms with Crippen molar-refractivity contribution in [2.45, 2.75) is 6.18 Å². The summed E-state index contributed by atoms with van der Waals surface area (Å²) in [6.07, 6.45) is -3.74. The first kappa shape index (κ1) is 15.3. The highest BCUT2D eigenvalue weighted by molar-refractivity contribution is 7.90. The van der Waals surface area contributed by atoms with Crippen LogP contribution >= 0.6 is 0 Å². The molecule has 2 aromatic rings. The predicted molar refractivity (Wildman–Crippen MR) is 71.4 cm³/mol. The van der Waals surface area contributed by atoms with Gasteiger partial charge < -0.3 is 0 Å². The molecule has 0 saturated carbocycles. The van der Waals surface area contributed by atoms with E-state index in [1.807, 2.05) is 0 Å². The van der Waals surface area contributed by atoms with E-state index in [0.717, 1.165) is 12.3 Å². The number of hydrogen-bond acceptors (Lipinski definition) is 3. The molecule has 0 aliphatic rings. The fourth-order valence-corrected chi connectivity index (χ4v) is 2.09. The third-order valence-corrected chi connectivity index (χ3v) is 3.03. The molecule has 2 rings (SSSR count). The number of alkyl halides is 3. The van der Waals surface area contributed by atoms with Crippen molar-refractivity contribution in [2.24, 2.45) is 5.14 Å². The summed E-state index contributed by atoms with van der Waals surface area (Å²) < 4.78 is 61.3. The van der Waals surface area contributed by atoms with Crippen LogP contribution in [0.1, 0.15) is 5.56 Å². The quantitative estimate of drug-likeness (QED) is 0.911. The molecule has 3 N–H and O–H groups in total. The molecule has 1 aromatic carbocycles. The second-order valence-electron chi connectivity index (χ2n) is 4.16. The number of hydrogen-bond donors (Lipinski definition) is 2. The highest BCUT2D eigenvalue weighted by atomic mass is 32.2. The van der Waals surface area contributed by atoms with E-state index in [4.69, 9.17) is 5.14 Å². The lowest BCUT2D eigenvalue weighted by atomic mass is 10.1. The lowest BCUT2D eigenvalue weighted by molar-refractivity contribution is -0.137. The smallest absolute Gasteiger partial charge is 0.271 e. The third-order valence-electron chi connectivity index (χ3n) is 2.51. The summed E-state index contributed by atoms with van der Waals surface area (Å²) in [5.41, 5.74) is 0.0696. The summed E-state index contributed by atoms with van der Waals surface area (Å²) in [6, 6.07) is 8.10. The number of aromatic nitrogens is 1. The monoisotopic (exact) mass is 317 g/mol. The first-order valence-corrected chi connectivity index (χ1v) is 7.14. The summed E-state index contributed by atoms with van der Waals surface area (Å²) in [6.45, 7) is 0. The number of benzene rings is 1. The normalized spacial score (nSPS) is 12.2. The molecule has 0 saturated heterocycles. The molecular formula is C12H10F3N3O2S. The van der Waals surface area contributed by atoms with E-state index in [1.165, 1.54) is 24.3 Å². The maximum Gasteiger partial charge on any atom is 0.417 e. The highest BCUT2D eigenvalue weighted by Crippen LogP contribution is 2.30. The maximum absolute atomic E-state index is 12.4. The standard InChI is InChI=1S/C12H10F3N3O2S/c13-12(14,15)9-4-5-11(17-7-9)8-2-1-3-10(6-8)18-21(16,19)20/h1-7,18H,(H2,16,19,20). The summed E-state index contributed by atoms with van der Waals surface area (Å²) in [7, 11) is -3.92. The Morgan fingerprint density at radius 2 is 1.86 bits per heavy atom. The van der Waals surface area contributed by atoms with Crippen LogP contribution in [-0.4, -0.2) is 13.4 Å². The van der Waals surface area contributed by atoms with E-state index in [2.05, 4.69) is 9.71 Å². The predicted octanol–water partition coefficient (Wildman–Crippen LogP) is 2.38. The van der Waals surface area contributed by atoms with Gasteiger partial charge in [0.25, 0.3) is 10.2 Å². The first-order chi connectivity index (χ1) is 9.65. The van der Waals surface area contributed by atoms with Crippen molar-refractivity contribution < 1.29 is 21.6 Å². The first-order valence-electron chi connectivity index (χ1n) is 5.59. The Morgan fingerprint density at radius 3 is 2.38 bits per heavy atom. The summed E-state index contributed by atoms with van der Waals surface area (Å²) in [4.78, 5) is 3.72. The van der Waals surface area contributed by atoms with E-state index >= 15 is 0 Å². The molecule has 1 aromatic heterocycles. The van der Waals surface area contributed by atoms with Gasteiger partial charge in [-0.2, -0.15) is 21.6 Å². The second kappa shape index (κ2) is 5.34. The fourth-order valence-electron chi connectivity index (χ4n) is 1.64. The Bertz CT molecular complexity index is 743. The zero-order chi connectivity index (χ0) is 15.7. The van der Waals surface area contributed by atoms with Gasteiger partial charge in [-0.15, -0.1) is 0 Å². The average molecular weight is 317 g/mol. The molecule has 0 fully saturated rings. The Kier molecular flexibility index (Phi) is 3.88. The Morgan fingerprint density at radius 1 is 1.14 bits per heavy atom. The Hall–Kier alpha value is -2.13. The van der Waals surface area contributed by atoms with Crippen molar-refractivity contribution in [3.05, 3.63) is 48.2 Å². The maximum atomic E-state index is 12.4. The molecule has 0 atom stereocenters. The van der Waals surface area contributed by atoms with Gasteiger partial charge in [0.1, 0.15) is 0 Å². The van der Waals surface area contributed by atoms with E-state index in [0.29, 0.717) is 5.56 Å². The van der Waals surface area contributed by atoms with Crippen molar-refractivity contribution in [2.75, 3.05) is 4.72 Å². The number of pyridine rings is 1. The average Bonchev–Trinajstić information content (AvgIpc) is 2.36. The van der Waals surface area contributed by atoms with Crippen LogP contribution in [-0.2, 0) is 16.4 Å². The molecular weight excluding hydrogens is 307 g/mol. The van der Waals surface area contributed by atoms with Crippen molar-refractivity contribution in [3.63, 3.8) is 0 Å². The van der Waals surface area contributed by atoms with Gasteiger partial charge >= 0.3 is 6.18 Å². The van der Waals surface area contributed by atoms with Crippen LogP contribution < -0.4 is 9.86 Å². The van der Waals surface area contributed by atoms with E-state index in [9.17, 15) is 21.6 Å². The van der Waals surface area contributed by atoms with Crippen LogP contribution in [0.3, 0.4) is 0 Å². The van der Waals surface area contributed by atoms with Gasteiger partial charge in [0, 0.05) is 11.8 Å². The van der Waals surface area contributed by atoms with Gasteiger partial charge in [-0.05, 0) is 24.3 Å². The van der Waals surface area contributed by atoms with Gasteiger partial charge in [-0.3, -0.25) is 9.71 Å². The minimum absolute atomic E-state index is 0.191. The number of nitrogens with zero attached hydrogens (tertiary/aromatic N) is 1. The third kappa shape index (κ3) is 4.17. The van der Waals surface area contributed by atoms with Crippen LogP contribution in [0.2, 0.25) is 0 Å². The van der Waals surface area contributed by atoms with Crippen molar-refractivity contribution in [1.82, 2.24) is 4.98 Å². The number of halogens is 3. The Labute approximate surface area is 118 Å². The summed E-state index contributed by atoms with van der Waals surface area (Å²) in [5, 5.41) is 4.84. The zero-order valence-corrected chi connectivity index (χ0v) is 11.2. The molecule has 112 valence electrons. The van der Waals surface area contributed by atoms with Crippen LogP contribution in [0.5, 0.6) is 0 Å². The number of nitrogens with one attached hydrogen (secondary N) is 1. The van der Waals surface area contributed by atoms with E-state index in [-0.39, 0.29) is 11.4 Å². The second-order valence-corrected chi connectivity index (χ2v) is 5.45. The Balaban J connectivity index is 2.32. The van der Waals surface area contributed by atoms with Crippen molar-refractivity contribution in [1.29, 1.82) is 0 Å². The summed E-state index contributed by atoms with van der Waals surface area (Å²) >= 11 is 0. The molecule has 0 amide bonds. The van der Waals surface area contributed by atoms with Gasteiger partial charge in [0.2, 0.25) is 0 Å². The van der Waals surface area contributed by atoms with Crippen LogP contribution in [0.15, 0.2) is 42.6 Å². The van der Waals surface area contributed by atoms with Crippen LogP contribution in [0.4, 0.5) is 18.9 Å². The SMILES string of the molecule is NS(=O)(=O)Nc1cccc(-c2ccc(C(F)(F)F)cn2)c1. The van der Waals surface area contributed by atoms with Crippen LogP contribution in [0.25, 0.3) is 11.3 Å². The van der Waals surface area contributed by atoms with Gasteiger partial charge in [-0.25, -0.2) is 5.14 Å². The van der Waals surface area contributed by atoms with Gasteiger partial charge in [-0.1, -0.05) is 12.1 Å². The number of nitrogens with two attached hydrogens (primary N) is 1. The molecule has 0 unspecified atom stereocenters. The van der Waals surface area contributed by atoms with Crippen molar-refractivity contribution in [3.8, 4) is 11.3 Å². The number of anilines is 1. The molecule has 0 aliphatic heterocycles. The molecule has 0 aliphatic carbocycles. The van der Waals surface area contributed by atoms with E-state index in [1.54, 1.807) is 6.07 Å². The highest BCUT2D eigenvalue weighted by Gasteiger charge is 2.30. The van der Waals surface area contributed by atoms with Crippen molar-refractivity contribution >= 4 is 15.9 Å². The van der Waals surface area contributed by atoms with E-state index < -0.39 is 21.9 Å². The fraction of sp³-hybridized carbons (Fsp3) is 0.0833. The number of rotatable bonds is 3. The molecule has 5 nitrogen and oxygen atoms in total. The summed E-state index contributed by atoms with van der Waals surface area (Å²) in [5.74, 6) is 0. The molecule has 1 heterocycles. The minimum atomic E-state index is -4.46. The minimum Gasteiger partial charge on any atom is -0.271 e. The lowest BCUT2D eigenvalue weighted by Crippen LogP contribution is -2.21. The zero-order valence-electron chi connectivity index (χ0n) is 10.4. The van der Waals surface area contributed by atoms with Gasteiger partial charge in [0.15, 0.2) is 0 Å². The molecule has 21 heavy (non-hydrogen) atoms. The largest absolute Gasteiger partial charge is 0.417 e. The van der Waals surface area contributed by atoms with Crippen LogP contribution in [0, 0.1) is 0 Å².